The Morgan fingerprint density at radius 3 is 3.18 bits per heavy atom. The molecule has 2 heteroatoms. The molecule has 58 valence electrons. The van der Waals surface area contributed by atoms with E-state index in [-0.39, 0.29) is 11.7 Å². The zero-order valence-electron chi connectivity index (χ0n) is 6.42. The fraction of sp³-hybridized carbons (Fsp3) is 0.889. The first-order valence-electron chi connectivity index (χ1n) is 4.44. The first kappa shape index (κ1) is 6.02. The lowest BCUT2D eigenvalue weighted by Gasteiger charge is -2.16. The van der Waals surface area contributed by atoms with Gasteiger partial charge in [0.05, 0.1) is 6.07 Å². The van der Waals surface area contributed by atoms with Crippen LogP contribution in [-0.4, -0.2) is 11.7 Å². The average molecular weight is 149 g/mol. The van der Waals surface area contributed by atoms with Gasteiger partial charge in [-0.2, -0.15) is 5.26 Å². The van der Waals surface area contributed by atoms with Gasteiger partial charge in [0.25, 0.3) is 0 Å². The molecule has 0 bridgehead atoms. The number of ether oxygens (including phenoxy) is 1. The van der Waals surface area contributed by atoms with Gasteiger partial charge in [-0.25, -0.2) is 0 Å². The Balaban J connectivity index is 1.84. The predicted molar refractivity (Wildman–Crippen MR) is 38.7 cm³/mol. The van der Waals surface area contributed by atoms with E-state index in [0.717, 1.165) is 18.3 Å². The van der Waals surface area contributed by atoms with Gasteiger partial charge in [-0.05, 0) is 31.1 Å². The Morgan fingerprint density at radius 1 is 1.55 bits per heavy atom. The van der Waals surface area contributed by atoms with Crippen LogP contribution in [-0.2, 0) is 4.74 Å². The van der Waals surface area contributed by atoms with Crippen molar-refractivity contribution < 1.29 is 4.74 Å². The minimum absolute atomic E-state index is 0.0437. The van der Waals surface area contributed by atoms with Crippen LogP contribution in [0.5, 0.6) is 0 Å². The number of epoxide rings is 1. The summed E-state index contributed by atoms with van der Waals surface area (Å²) < 4.78 is 5.49. The summed E-state index contributed by atoms with van der Waals surface area (Å²) in [5.74, 6) is 1.68. The number of fused-ring (bicyclic) bond motifs is 2. The third kappa shape index (κ3) is 0.605. The maximum atomic E-state index is 8.68. The normalized spacial score (nSPS) is 58.3. The molecule has 4 unspecified atom stereocenters. The fourth-order valence-corrected chi connectivity index (χ4v) is 2.78. The number of rotatable bonds is 0. The summed E-state index contributed by atoms with van der Waals surface area (Å²) in [4.78, 5) is 0. The summed E-state index contributed by atoms with van der Waals surface area (Å²) in [5.41, 5.74) is 0.0671. The molecule has 0 aromatic heterocycles. The lowest BCUT2D eigenvalue weighted by Crippen LogP contribution is -2.22. The zero-order chi connectivity index (χ0) is 7.47. The number of hydrogen-bond donors (Lipinski definition) is 0. The smallest absolute Gasteiger partial charge is 0.173 e. The minimum Gasteiger partial charge on any atom is -0.350 e. The summed E-state index contributed by atoms with van der Waals surface area (Å²) in [6.07, 6.45) is 5.09. The van der Waals surface area contributed by atoms with Crippen LogP contribution in [0, 0.1) is 23.2 Å². The van der Waals surface area contributed by atoms with Crippen molar-refractivity contribution in [3.63, 3.8) is 0 Å². The molecule has 0 aromatic carbocycles. The van der Waals surface area contributed by atoms with Gasteiger partial charge >= 0.3 is 0 Å². The summed E-state index contributed by atoms with van der Waals surface area (Å²) in [5, 5.41) is 8.68. The van der Waals surface area contributed by atoms with Crippen LogP contribution in [0.3, 0.4) is 0 Å². The van der Waals surface area contributed by atoms with Gasteiger partial charge in [0.15, 0.2) is 6.10 Å². The second kappa shape index (κ2) is 1.61. The van der Waals surface area contributed by atoms with E-state index in [0.29, 0.717) is 0 Å². The van der Waals surface area contributed by atoms with Crippen molar-refractivity contribution in [1.29, 1.82) is 5.26 Å². The first-order chi connectivity index (χ1) is 5.37. The molecule has 1 spiro atoms. The fourth-order valence-electron chi connectivity index (χ4n) is 2.78. The molecule has 0 N–H and O–H groups in total. The second-order valence-electron chi connectivity index (χ2n) is 4.08. The van der Waals surface area contributed by atoms with E-state index in [1.165, 1.54) is 19.3 Å². The molecule has 2 aliphatic carbocycles. The van der Waals surface area contributed by atoms with Crippen molar-refractivity contribution in [3.8, 4) is 6.07 Å². The highest BCUT2D eigenvalue weighted by Crippen LogP contribution is 2.64. The lowest BCUT2D eigenvalue weighted by atomic mass is 9.86. The Kier molecular flexibility index (Phi) is 0.883. The Bertz CT molecular complexity index is 244. The minimum atomic E-state index is -0.0437. The Hall–Kier alpha value is -0.550. The molecule has 11 heavy (non-hydrogen) atoms. The van der Waals surface area contributed by atoms with E-state index in [9.17, 15) is 0 Å². The standard InChI is InChI=1S/C9H11NO/c10-5-8-9(11-8)3-1-2-6-4-7(6)9/h6-8H,1-4H2. The van der Waals surface area contributed by atoms with E-state index in [1.807, 2.05) is 0 Å². The van der Waals surface area contributed by atoms with Crippen molar-refractivity contribution in [3.05, 3.63) is 0 Å². The van der Waals surface area contributed by atoms with Gasteiger partial charge in [0, 0.05) is 0 Å². The van der Waals surface area contributed by atoms with Crippen molar-refractivity contribution in [1.82, 2.24) is 0 Å². The molecule has 0 aromatic rings. The molecule has 4 atom stereocenters. The van der Waals surface area contributed by atoms with Crippen LogP contribution in [0.15, 0.2) is 0 Å². The molecular formula is C9H11NO. The average Bonchev–Trinajstić information content (AvgIpc) is 2.84. The molecule has 3 aliphatic rings. The number of nitrogens with zero attached hydrogens (tertiary/aromatic N) is 1. The van der Waals surface area contributed by atoms with E-state index in [4.69, 9.17) is 10.00 Å². The van der Waals surface area contributed by atoms with Crippen LogP contribution in [0.2, 0.25) is 0 Å². The van der Waals surface area contributed by atoms with Gasteiger partial charge < -0.3 is 4.74 Å². The molecule has 2 saturated carbocycles. The second-order valence-corrected chi connectivity index (χ2v) is 4.08. The summed E-state index contributed by atoms with van der Waals surface area (Å²) in [6.45, 7) is 0. The van der Waals surface area contributed by atoms with Crippen LogP contribution in [0.1, 0.15) is 25.7 Å². The first-order valence-corrected chi connectivity index (χ1v) is 4.44. The van der Waals surface area contributed by atoms with Gasteiger partial charge in [0.1, 0.15) is 5.60 Å². The van der Waals surface area contributed by atoms with Gasteiger partial charge in [-0.15, -0.1) is 0 Å². The van der Waals surface area contributed by atoms with E-state index < -0.39 is 0 Å². The Labute approximate surface area is 66.1 Å². The van der Waals surface area contributed by atoms with Gasteiger partial charge in [0.2, 0.25) is 0 Å². The summed E-state index contributed by atoms with van der Waals surface area (Å²) >= 11 is 0. The lowest BCUT2D eigenvalue weighted by molar-refractivity contribution is 0.219. The van der Waals surface area contributed by atoms with Crippen LogP contribution in [0.4, 0.5) is 0 Å². The summed E-state index contributed by atoms with van der Waals surface area (Å²) in [7, 11) is 0. The van der Waals surface area contributed by atoms with E-state index in [1.54, 1.807) is 0 Å². The summed E-state index contributed by atoms with van der Waals surface area (Å²) in [6, 6.07) is 2.23. The molecule has 1 heterocycles. The third-order valence-corrected chi connectivity index (χ3v) is 3.53. The molecule has 0 radical (unpaired) electrons. The highest BCUT2D eigenvalue weighted by Gasteiger charge is 2.69. The number of hydrogen-bond acceptors (Lipinski definition) is 2. The van der Waals surface area contributed by atoms with Crippen molar-refractivity contribution in [2.24, 2.45) is 11.8 Å². The van der Waals surface area contributed by atoms with Crippen molar-refractivity contribution in [2.75, 3.05) is 0 Å². The maximum absolute atomic E-state index is 8.68. The highest BCUT2D eigenvalue weighted by molar-refractivity contribution is 5.23. The van der Waals surface area contributed by atoms with Crippen molar-refractivity contribution in [2.45, 2.75) is 37.4 Å². The van der Waals surface area contributed by atoms with Crippen molar-refractivity contribution >= 4 is 0 Å². The van der Waals surface area contributed by atoms with Crippen LogP contribution >= 0.6 is 0 Å². The van der Waals surface area contributed by atoms with Crippen LogP contribution < -0.4 is 0 Å². The van der Waals surface area contributed by atoms with E-state index in [2.05, 4.69) is 6.07 Å². The quantitative estimate of drug-likeness (QED) is 0.489. The molecule has 1 aliphatic heterocycles. The third-order valence-electron chi connectivity index (χ3n) is 3.53. The molecule has 0 amide bonds. The van der Waals surface area contributed by atoms with Gasteiger partial charge in [-0.3, -0.25) is 0 Å². The Morgan fingerprint density at radius 2 is 2.45 bits per heavy atom. The molecule has 3 rings (SSSR count). The van der Waals surface area contributed by atoms with Gasteiger partial charge in [-0.1, -0.05) is 6.42 Å². The maximum Gasteiger partial charge on any atom is 0.173 e. The molecular weight excluding hydrogens is 138 g/mol. The SMILES string of the molecule is N#CC1OC12CCCC1CC12. The van der Waals surface area contributed by atoms with Crippen LogP contribution in [0.25, 0.3) is 0 Å². The highest BCUT2D eigenvalue weighted by atomic mass is 16.6. The van der Waals surface area contributed by atoms with E-state index >= 15 is 0 Å². The largest absolute Gasteiger partial charge is 0.350 e. The topological polar surface area (TPSA) is 36.3 Å². The zero-order valence-corrected chi connectivity index (χ0v) is 6.42. The molecule has 2 nitrogen and oxygen atoms in total. The molecule has 3 fully saturated rings. The number of nitriles is 1. The predicted octanol–water partition coefficient (Wildman–Crippen LogP) is 1.47. The molecule has 1 saturated heterocycles. The monoisotopic (exact) mass is 149 g/mol.